The Bertz CT molecular complexity index is 305. The highest BCUT2D eigenvalue weighted by molar-refractivity contribution is 7.98. The molecular formula is C8H18N2O4S2. The number of rotatable bonds is 8. The summed E-state index contributed by atoms with van der Waals surface area (Å²) in [6.07, 6.45) is 2.31. The van der Waals surface area contributed by atoms with E-state index in [0.29, 0.717) is 12.2 Å². The molecule has 1 amide bonds. The van der Waals surface area contributed by atoms with E-state index in [1.165, 1.54) is 14.0 Å². The molecule has 16 heavy (non-hydrogen) atoms. The van der Waals surface area contributed by atoms with Crippen LogP contribution in [0.5, 0.6) is 0 Å². The van der Waals surface area contributed by atoms with Gasteiger partial charge in [-0.2, -0.15) is 11.8 Å². The minimum absolute atomic E-state index is 0.0525. The standard InChI is InChI=1S/C8H18N2O4S2/c1-4-16(12,13)10-7(5-6-15-3)8(11)9-14-2/h7,10H,4-6H2,1-3H3,(H,9,11). The van der Waals surface area contributed by atoms with Crippen LogP contribution in [0.15, 0.2) is 0 Å². The Morgan fingerprint density at radius 2 is 2.12 bits per heavy atom. The second kappa shape index (κ2) is 7.88. The van der Waals surface area contributed by atoms with Crippen LogP contribution in [-0.4, -0.2) is 45.2 Å². The van der Waals surface area contributed by atoms with Gasteiger partial charge in [0.25, 0.3) is 5.91 Å². The quantitative estimate of drug-likeness (QED) is 0.593. The molecule has 0 aliphatic rings. The van der Waals surface area contributed by atoms with Crippen LogP contribution in [0.2, 0.25) is 0 Å². The van der Waals surface area contributed by atoms with Gasteiger partial charge in [-0.15, -0.1) is 0 Å². The zero-order valence-corrected chi connectivity index (χ0v) is 11.3. The number of thioether (sulfide) groups is 1. The van der Waals surface area contributed by atoms with Crippen molar-refractivity contribution in [2.24, 2.45) is 0 Å². The van der Waals surface area contributed by atoms with Gasteiger partial charge < -0.3 is 0 Å². The summed E-state index contributed by atoms with van der Waals surface area (Å²) in [6.45, 7) is 1.52. The van der Waals surface area contributed by atoms with E-state index in [1.807, 2.05) is 6.26 Å². The predicted octanol–water partition coefficient (Wildman–Crippen LogP) is -0.275. The third kappa shape index (κ3) is 6.31. The lowest BCUT2D eigenvalue weighted by Crippen LogP contribution is -2.47. The number of hydroxylamine groups is 1. The smallest absolute Gasteiger partial charge is 0.261 e. The first-order valence-electron chi connectivity index (χ1n) is 4.78. The van der Waals surface area contributed by atoms with Crippen molar-refractivity contribution in [2.75, 3.05) is 24.9 Å². The van der Waals surface area contributed by atoms with Crippen LogP contribution >= 0.6 is 11.8 Å². The molecule has 0 radical (unpaired) electrons. The van der Waals surface area contributed by atoms with Crippen LogP contribution < -0.4 is 10.2 Å². The predicted molar refractivity (Wildman–Crippen MR) is 64.5 cm³/mol. The van der Waals surface area contributed by atoms with E-state index in [4.69, 9.17) is 0 Å². The number of amides is 1. The molecule has 8 heteroatoms. The van der Waals surface area contributed by atoms with Gasteiger partial charge in [-0.05, 0) is 25.4 Å². The summed E-state index contributed by atoms with van der Waals surface area (Å²) < 4.78 is 25.0. The first kappa shape index (κ1) is 15.7. The Morgan fingerprint density at radius 3 is 2.56 bits per heavy atom. The minimum atomic E-state index is -3.39. The van der Waals surface area contributed by atoms with Gasteiger partial charge in [0, 0.05) is 0 Å². The summed E-state index contributed by atoms with van der Waals surface area (Å²) >= 11 is 1.54. The molecule has 0 heterocycles. The number of carbonyl (C=O) groups excluding carboxylic acids is 1. The highest BCUT2D eigenvalue weighted by Gasteiger charge is 2.22. The first-order valence-corrected chi connectivity index (χ1v) is 7.83. The molecule has 0 aromatic carbocycles. The van der Waals surface area contributed by atoms with Crippen molar-refractivity contribution >= 4 is 27.7 Å². The van der Waals surface area contributed by atoms with Gasteiger partial charge in [-0.3, -0.25) is 9.63 Å². The fourth-order valence-corrected chi connectivity index (χ4v) is 2.25. The van der Waals surface area contributed by atoms with E-state index in [-0.39, 0.29) is 5.75 Å². The summed E-state index contributed by atoms with van der Waals surface area (Å²) in [5.74, 6) is 0.158. The van der Waals surface area contributed by atoms with Gasteiger partial charge >= 0.3 is 0 Å². The van der Waals surface area contributed by atoms with Crippen LogP contribution in [0, 0.1) is 0 Å². The summed E-state index contributed by atoms with van der Waals surface area (Å²) in [5.41, 5.74) is 2.13. The van der Waals surface area contributed by atoms with Gasteiger partial charge in [-0.1, -0.05) is 0 Å². The lowest BCUT2D eigenvalue weighted by Gasteiger charge is -2.16. The van der Waals surface area contributed by atoms with Crippen molar-refractivity contribution in [3.8, 4) is 0 Å². The van der Waals surface area contributed by atoms with E-state index in [1.54, 1.807) is 11.8 Å². The molecule has 0 aliphatic heterocycles. The normalized spacial score (nSPS) is 13.4. The molecule has 0 aromatic rings. The summed E-state index contributed by atoms with van der Waals surface area (Å²) in [5, 5.41) is 0. The fraction of sp³-hybridized carbons (Fsp3) is 0.875. The Morgan fingerprint density at radius 1 is 1.50 bits per heavy atom. The second-order valence-electron chi connectivity index (χ2n) is 3.03. The van der Waals surface area contributed by atoms with Crippen molar-refractivity contribution < 1.29 is 18.0 Å². The average molecular weight is 270 g/mol. The molecule has 1 unspecified atom stereocenters. The van der Waals surface area contributed by atoms with Crippen molar-refractivity contribution in [1.82, 2.24) is 10.2 Å². The molecule has 0 aliphatic carbocycles. The Hall–Kier alpha value is -0.310. The monoisotopic (exact) mass is 270 g/mol. The molecule has 0 bridgehead atoms. The molecule has 0 saturated heterocycles. The number of hydrogen-bond acceptors (Lipinski definition) is 5. The maximum Gasteiger partial charge on any atom is 0.261 e. The van der Waals surface area contributed by atoms with Crippen molar-refractivity contribution in [3.63, 3.8) is 0 Å². The molecule has 0 spiro atoms. The van der Waals surface area contributed by atoms with Gasteiger partial charge in [0.15, 0.2) is 0 Å². The molecule has 0 aromatic heterocycles. The van der Waals surface area contributed by atoms with Crippen LogP contribution in [0.25, 0.3) is 0 Å². The van der Waals surface area contributed by atoms with Gasteiger partial charge in [0.2, 0.25) is 10.0 Å². The van der Waals surface area contributed by atoms with Crippen LogP contribution in [0.3, 0.4) is 0 Å². The fourth-order valence-electron chi connectivity index (χ4n) is 0.951. The SMILES string of the molecule is CCS(=O)(=O)NC(CCSC)C(=O)NOC. The molecular weight excluding hydrogens is 252 g/mol. The summed E-state index contributed by atoms with van der Waals surface area (Å²) in [7, 11) is -2.08. The summed E-state index contributed by atoms with van der Waals surface area (Å²) in [6, 6.07) is -0.780. The van der Waals surface area contributed by atoms with Crippen molar-refractivity contribution in [3.05, 3.63) is 0 Å². The van der Waals surface area contributed by atoms with Gasteiger partial charge in [0.1, 0.15) is 6.04 Å². The number of hydrogen-bond donors (Lipinski definition) is 2. The molecule has 1 atom stereocenters. The van der Waals surface area contributed by atoms with Crippen LogP contribution in [-0.2, 0) is 19.7 Å². The Balaban J connectivity index is 4.48. The lowest BCUT2D eigenvalue weighted by molar-refractivity contribution is -0.133. The van der Waals surface area contributed by atoms with E-state index < -0.39 is 22.0 Å². The topological polar surface area (TPSA) is 84.5 Å². The zero-order valence-electron chi connectivity index (χ0n) is 9.65. The van der Waals surface area contributed by atoms with Crippen LogP contribution in [0.4, 0.5) is 0 Å². The molecule has 0 fully saturated rings. The van der Waals surface area contributed by atoms with E-state index in [9.17, 15) is 13.2 Å². The van der Waals surface area contributed by atoms with Crippen molar-refractivity contribution in [2.45, 2.75) is 19.4 Å². The van der Waals surface area contributed by atoms with Crippen LogP contribution in [0.1, 0.15) is 13.3 Å². The average Bonchev–Trinajstić information content (AvgIpc) is 2.24. The Labute approximate surface area is 101 Å². The number of nitrogens with one attached hydrogen (secondary N) is 2. The second-order valence-corrected chi connectivity index (χ2v) is 6.05. The van der Waals surface area contributed by atoms with Gasteiger partial charge in [0.05, 0.1) is 12.9 Å². The van der Waals surface area contributed by atoms with E-state index >= 15 is 0 Å². The van der Waals surface area contributed by atoms with Gasteiger partial charge in [-0.25, -0.2) is 18.6 Å². The number of carbonyl (C=O) groups is 1. The summed E-state index contributed by atoms with van der Waals surface area (Å²) in [4.78, 5) is 15.9. The minimum Gasteiger partial charge on any atom is -0.277 e. The third-order valence-corrected chi connectivity index (χ3v) is 3.88. The zero-order chi connectivity index (χ0) is 12.6. The molecule has 0 rings (SSSR count). The third-order valence-electron chi connectivity index (χ3n) is 1.83. The van der Waals surface area contributed by atoms with Crippen molar-refractivity contribution in [1.29, 1.82) is 0 Å². The molecule has 2 N–H and O–H groups in total. The maximum absolute atomic E-state index is 11.5. The lowest BCUT2D eigenvalue weighted by atomic mass is 10.2. The largest absolute Gasteiger partial charge is 0.277 e. The highest BCUT2D eigenvalue weighted by atomic mass is 32.2. The molecule has 6 nitrogen and oxygen atoms in total. The Kier molecular flexibility index (Phi) is 7.73. The molecule has 96 valence electrons. The maximum atomic E-state index is 11.5. The molecule has 0 saturated carbocycles. The highest BCUT2D eigenvalue weighted by Crippen LogP contribution is 2.02. The van der Waals surface area contributed by atoms with E-state index in [0.717, 1.165) is 0 Å². The number of sulfonamides is 1. The first-order chi connectivity index (χ1) is 7.46. The van der Waals surface area contributed by atoms with E-state index in [2.05, 4.69) is 15.0 Å².